The number of rotatable bonds is 6. The molecule has 7 nitrogen and oxygen atoms in total. The van der Waals surface area contributed by atoms with E-state index >= 15 is 0 Å². The molecule has 0 saturated carbocycles. The first-order valence-corrected chi connectivity index (χ1v) is 7.64. The predicted octanol–water partition coefficient (Wildman–Crippen LogP) is 2.13. The number of nitrogens with one attached hydrogen (secondary N) is 2. The fourth-order valence-corrected chi connectivity index (χ4v) is 2.54. The van der Waals surface area contributed by atoms with Crippen molar-refractivity contribution < 1.29 is 14.5 Å². The third-order valence-corrected chi connectivity index (χ3v) is 3.77. The molecule has 1 heterocycles. The summed E-state index contributed by atoms with van der Waals surface area (Å²) in [5.41, 5.74) is 1.85. The minimum absolute atomic E-state index is 0.0480. The highest BCUT2D eigenvalue weighted by Gasteiger charge is 2.28. The van der Waals surface area contributed by atoms with E-state index in [1.165, 1.54) is 12.1 Å². The van der Waals surface area contributed by atoms with Gasteiger partial charge in [-0.2, -0.15) is 0 Å². The van der Waals surface area contributed by atoms with Crippen LogP contribution in [-0.4, -0.2) is 30.0 Å². The fraction of sp³-hybridized carbons (Fsp3) is 0.235. The lowest BCUT2D eigenvalue weighted by atomic mass is 10.1. The van der Waals surface area contributed by atoms with Crippen molar-refractivity contribution >= 4 is 17.3 Å². The first-order chi connectivity index (χ1) is 11.6. The van der Waals surface area contributed by atoms with E-state index in [4.69, 9.17) is 4.74 Å². The number of ether oxygens (including phenoxy) is 1. The number of nitro groups is 1. The number of benzene rings is 2. The van der Waals surface area contributed by atoms with Gasteiger partial charge in [-0.3, -0.25) is 14.9 Å². The molecule has 0 bridgehead atoms. The van der Waals surface area contributed by atoms with E-state index in [2.05, 4.69) is 10.6 Å². The Hall–Kier alpha value is -3.09. The van der Waals surface area contributed by atoms with Crippen LogP contribution in [0.5, 0.6) is 5.75 Å². The number of anilines is 1. The Bertz CT molecular complexity index is 721. The van der Waals surface area contributed by atoms with Gasteiger partial charge in [0.2, 0.25) is 0 Å². The molecule has 0 radical (unpaired) electrons. The summed E-state index contributed by atoms with van der Waals surface area (Å²) in [6.45, 7) is 0.954. The number of hydrogen-bond acceptors (Lipinski definition) is 5. The maximum absolute atomic E-state index is 12.1. The average Bonchev–Trinajstić information content (AvgIpc) is 3.03. The third-order valence-electron chi connectivity index (χ3n) is 3.77. The van der Waals surface area contributed by atoms with Crippen molar-refractivity contribution in [3.8, 4) is 5.75 Å². The van der Waals surface area contributed by atoms with Crippen LogP contribution >= 0.6 is 0 Å². The van der Waals surface area contributed by atoms with Gasteiger partial charge in [0.05, 0.1) is 4.92 Å². The summed E-state index contributed by atoms with van der Waals surface area (Å²) >= 11 is 0. The lowest BCUT2D eigenvalue weighted by Crippen LogP contribution is -2.39. The Morgan fingerprint density at radius 1 is 1.17 bits per heavy atom. The Morgan fingerprint density at radius 3 is 2.62 bits per heavy atom. The molecular formula is C17H17N3O4. The second kappa shape index (κ2) is 6.99. The molecule has 1 aliphatic rings. The van der Waals surface area contributed by atoms with Crippen LogP contribution in [0.4, 0.5) is 11.4 Å². The van der Waals surface area contributed by atoms with Gasteiger partial charge in [0.15, 0.2) is 6.10 Å². The van der Waals surface area contributed by atoms with Crippen molar-refractivity contribution in [1.82, 2.24) is 5.32 Å². The molecule has 2 N–H and O–H groups in total. The summed E-state index contributed by atoms with van der Waals surface area (Å²) in [7, 11) is 0. The van der Waals surface area contributed by atoms with Crippen LogP contribution in [0.25, 0.3) is 0 Å². The maximum Gasteiger partial charge on any atom is 0.269 e. The first-order valence-electron chi connectivity index (χ1n) is 7.64. The molecule has 0 fully saturated rings. The molecule has 124 valence electrons. The quantitative estimate of drug-likeness (QED) is 0.481. The summed E-state index contributed by atoms with van der Waals surface area (Å²) in [6, 6.07) is 13.8. The van der Waals surface area contributed by atoms with E-state index in [0.717, 1.165) is 17.0 Å². The summed E-state index contributed by atoms with van der Waals surface area (Å²) in [5, 5.41) is 16.5. The normalized spacial score (nSPS) is 15.2. The first kappa shape index (κ1) is 15.8. The van der Waals surface area contributed by atoms with Gasteiger partial charge in [-0.05, 0) is 23.8 Å². The van der Waals surface area contributed by atoms with Crippen molar-refractivity contribution in [3.05, 3.63) is 64.2 Å². The molecule has 2 aromatic rings. The zero-order chi connectivity index (χ0) is 16.9. The van der Waals surface area contributed by atoms with Crippen molar-refractivity contribution in [2.45, 2.75) is 12.5 Å². The number of hydrogen-bond donors (Lipinski definition) is 2. The van der Waals surface area contributed by atoms with Crippen LogP contribution in [-0.2, 0) is 11.2 Å². The molecule has 2 aromatic carbocycles. The van der Waals surface area contributed by atoms with Crippen LogP contribution < -0.4 is 15.4 Å². The number of carbonyl (C=O) groups is 1. The molecule has 7 heteroatoms. The van der Waals surface area contributed by atoms with Crippen molar-refractivity contribution in [2.24, 2.45) is 0 Å². The van der Waals surface area contributed by atoms with Gasteiger partial charge in [-0.1, -0.05) is 18.2 Å². The number of para-hydroxylation sites is 1. The molecule has 1 amide bonds. The lowest BCUT2D eigenvalue weighted by Gasteiger charge is -2.12. The van der Waals surface area contributed by atoms with E-state index in [1.807, 2.05) is 24.3 Å². The third kappa shape index (κ3) is 3.62. The Morgan fingerprint density at radius 2 is 1.92 bits per heavy atom. The SMILES string of the molecule is O=C(NCCNc1ccc([N+](=O)[O-])cc1)[C@@H]1Cc2ccccc2O1. The van der Waals surface area contributed by atoms with Gasteiger partial charge in [-0.25, -0.2) is 0 Å². The van der Waals surface area contributed by atoms with Crippen molar-refractivity contribution in [2.75, 3.05) is 18.4 Å². The molecule has 24 heavy (non-hydrogen) atoms. The second-order valence-corrected chi connectivity index (χ2v) is 5.44. The molecule has 0 saturated heterocycles. The zero-order valence-corrected chi connectivity index (χ0v) is 12.9. The highest BCUT2D eigenvalue weighted by Crippen LogP contribution is 2.28. The smallest absolute Gasteiger partial charge is 0.269 e. The minimum atomic E-state index is -0.484. The van der Waals surface area contributed by atoms with Gasteiger partial charge in [0.25, 0.3) is 11.6 Å². The average molecular weight is 327 g/mol. The van der Waals surface area contributed by atoms with Crippen LogP contribution in [0.15, 0.2) is 48.5 Å². The molecule has 0 aliphatic carbocycles. The Kier molecular flexibility index (Phi) is 4.60. The predicted molar refractivity (Wildman–Crippen MR) is 89.2 cm³/mol. The van der Waals surface area contributed by atoms with Crippen LogP contribution in [0.3, 0.4) is 0 Å². The molecule has 0 aromatic heterocycles. The topological polar surface area (TPSA) is 93.5 Å². The van der Waals surface area contributed by atoms with E-state index < -0.39 is 11.0 Å². The molecule has 3 rings (SSSR count). The number of amides is 1. The lowest BCUT2D eigenvalue weighted by molar-refractivity contribution is -0.384. The monoisotopic (exact) mass is 327 g/mol. The van der Waals surface area contributed by atoms with Crippen LogP contribution in [0, 0.1) is 10.1 Å². The van der Waals surface area contributed by atoms with E-state index in [9.17, 15) is 14.9 Å². The van der Waals surface area contributed by atoms with E-state index in [-0.39, 0.29) is 11.6 Å². The molecular weight excluding hydrogens is 310 g/mol. The van der Waals surface area contributed by atoms with Gasteiger partial charge in [0.1, 0.15) is 5.75 Å². The highest BCUT2D eigenvalue weighted by atomic mass is 16.6. The van der Waals surface area contributed by atoms with Crippen molar-refractivity contribution in [3.63, 3.8) is 0 Å². The van der Waals surface area contributed by atoms with Gasteiger partial charge >= 0.3 is 0 Å². The standard InChI is InChI=1S/C17H17N3O4/c21-17(16-11-12-3-1-2-4-15(12)24-16)19-10-9-18-13-5-7-14(8-6-13)20(22)23/h1-8,16,18H,9-11H2,(H,19,21)/t16-/m0/s1. The summed E-state index contributed by atoms with van der Waals surface area (Å²) < 4.78 is 5.62. The van der Waals surface area contributed by atoms with Gasteiger partial charge in [0, 0.05) is 37.3 Å². The Balaban J connectivity index is 1.41. The second-order valence-electron chi connectivity index (χ2n) is 5.44. The number of fused-ring (bicyclic) bond motifs is 1. The summed E-state index contributed by atoms with van der Waals surface area (Å²) in [5.74, 6) is 0.623. The van der Waals surface area contributed by atoms with Crippen LogP contribution in [0.1, 0.15) is 5.56 Å². The Labute approximate surface area is 138 Å². The van der Waals surface area contributed by atoms with Gasteiger partial charge in [-0.15, -0.1) is 0 Å². The molecule has 0 spiro atoms. The van der Waals surface area contributed by atoms with Crippen LogP contribution in [0.2, 0.25) is 0 Å². The van der Waals surface area contributed by atoms with Crippen molar-refractivity contribution in [1.29, 1.82) is 0 Å². The summed E-state index contributed by atoms with van der Waals surface area (Å²) in [4.78, 5) is 22.2. The number of nitro benzene ring substituents is 1. The summed E-state index contributed by atoms with van der Waals surface area (Å²) in [6.07, 6.45) is 0.0967. The molecule has 1 aliphatic heterocycles. The number of non-ortho nitro benzene ring substituents is 1. The maximum atomic E-state index is 12.1. The molecule has 1 atom stereocenters. The largest absolute Gasteiger partial charge is 0.480 e. The van der Waals surface area contributed by atoms with Gasteiger partial charge < -0.3 is 15.4 Å². The molecule has 0 unspecified atom stereocenters. The fourth-order valence-electron chi connectivity index (χ4n) is 2.54. The number of carbonyl (C=O) groups excluding carboxylic acids is 1. The number of nitrogens with zero attached hydrogens (tertiary/aromatic N) is 1. The highest BCUT2D eigenvalue weighted by molar-refractivity contribution is 5.82. The zero-order valence-electron chi connectivity index (χ0n) is 12.9. The van der Waals surface area contributed by atoms with E-state index in [1.54, 1.807) is 12.1 Å². The minimum Gasteiger partial charge on any atom is -0.480 e. The van der Waals surface area contributed by atoms with E-state index in [0.29, 0.717) is 19.5 Å².